The normalized spacial score (nSPS) is 21.7. The molecule has 1 aromatic heterocycles. The summed E-state index contributed by atoms with van der Waals surface area (Å²) >= 11 is 1.91. The third-order valence-corrected chi connectivity index (χ3v) is 6.10. The molecule has 0 fully saturated rings. The molecular weight excluding hydrogens is 240 g/mol. The van der Waals surface area contributed by atoms with Crippen molar-refractivity contribution in [3.8, 4) is 0 Å². The molecule has 2 atom stereocenters. The second-order valence-electron chi connectivity index (χ2n) is 6.34. The van der Waals surface area contributed by atoms with Crippen molar-refractivity contribution in [3.63, 3.8) is 0 Å². The van der Waals surface area contributed by atoms with Gasteiger partial charge in [0.05, 0.1) is 10.7 Å². The molecule has 0 aliphatic heterocycles. The molecule has 0 radical (unpaired) electrons. The van der Waals surface area contributed by atoms with E-state index in [1.807, 2.05) is 11.3 Å². The highest BCUT2D eigenvalue weighted by atomic mass is 32.1. The SMILES string of the molecule is CCC(C)(C)C1CCc2nc(C(C)CN)sc2C1. The predicted molar refractivity (Wildman–Crippen MR) is 79.2 cm³/mol. The van der Waals surface area contributed by atoms with Crippen molar-refractivity contribution in [1.29, 1.82) is 0 Å². The van der Waals surface area contributed by atoms with Crippen LogP contribution in [0.2, 0.25) is 0 Å². The molecule has 0 aromatic carbocycles. The number of nitrogens with two attached hydrogens (primary N) is 1. The van der Waals surface area contributed by atoms with E-state index in [0.29, 0.717) is 17.9 Å². The van der Waals surface area contributed by atoms with Gasteiger partial charge >= 0.3 is 0 Å². The molecule has 3 heteroatoms. The summed E-state index contributed by atoms with van der Waals surface area (Å²) in [5, 5.41) is 1.25. The topological polar surface area (TPSA) is 38.9 Å². The molecule has 1 aromatic rings. The first-order chi connectivity index (χ1) is 8.47. The smallest absolute Gasteiger partial charge is 0.0971 e. The maximum atomic E-state index is 5.75. The number of nitrogens with zero attached hydrogens (tertiary/aromatic N) is 1. The number of rotatable bonds is 4. The number of thiazole rings is 1. The van der Waals surface area contributed by atoms with E-state index in [9.17, 15) is 0 Å². The Balaban J connectivity index is 2.17. The molecule has 18 heavy (non-hydrogen) atoms. The largest absolute Gasteiger partial charge is 0.330 e. The van der Waals surface area contributed by atoms with Crippen LogP contribution in [0, 0.1) is 11.3 Å². The van der Waals surface area contributed by atoms with Crippen LogP contribution >= 0.6 is 11.3 Å². The highest BCUT2D eigenvalue weighted by molar-refractivity contribution is 7.11. The summed E-state index contributed by atoms with van der Waals surface area (Å²) in [4.78, 5) is 6.33. The van der Waals surface area contributed by atoms with Crippen LogP contribution in [0.1, 0.15) is 62.0 Å². The summed E-state index contributed by atoms with van der Waals surface area (Å²) in [6, 6.07) is 0. The molecule has 102 valence electrons. The molecule has 2 unspecified atom stereocenters. The van der Waals surface area contributed by atoms with Crippen LogP contribution in [0.3, 0.4) is 0 Å². The van der Waals surface area contributed by atoms with Gasteiger partial charge in [0, 0.05) is 17.3 Å². The van der Waals surface area contributed by atoms with Gasteiger partial charge in [0.25, 0.3) is 0 Å². The van der Waals surface area contributed by atoms with Crippen LogP contribution < -0.4 is 5.73 Å². The fourth-order valence-electron chi connectivity index (χ4n) is 2.66. The summed E-state index contributed by atoms with van der Waals surface area (Å²) in [6.07, 6.45) is 4.95. The highest BCUT2D eigenvalue weighted by Crippen LogP contribution is 2.41. The first-order valence-electron chi connectivity index (χ1n) is 7.16. The monoisotopic (exact) mass is 266 g/mol. The maximum Gasteiger partial charge on any atom is 0.0971 e. The van der Waals surface area contributed by atoms with Crippen molar-refractivity contribution in [3.05, 3.63) is 15.6 Å². The lowest BCUT2D eigenvalue weighted by atomic mass is 9.70. The van der Waals surface area contributed by atoms with Crippen LogP contribution in [0.15, 0.2) is 0 Å². The molecule has 0 saturated heterocycles. The van der Waals surface area contributed by atoms with Gasteiger partial charge in [-0.1, -0.05) is 34.1 Å². The van der Waals surface area contributed by atoms with Gasteiger partial charge in [-0.2, -0.15) is 0 Å². The zero-order valence-corrected chi connectivity index (χ0v) is 12.9. The minimum atomic E-state index is 0.415. The van der Waals surface area contributed by atoms with Crippen molar-refractivity contribution in [2.75, 3.05) is 6.54 Å². The molecule has 0 spiro atoms. The van der Waals surface area contributed by atoms with E-state index in [-0.39, 0.29) is 0 Å². The Morgan fingerprint density at radius 1 is 1.50 bits per heavy atom. The van der Waals surface area contributed by atoms with Crippen LogP contribution in [0.5, 0.6) is 0 Å². The molecule has 1 heterocycles. The fraction of sp³-hybridized carbons (Fsp3) is 0.800. The minimum Gasteiger partial charge on any atom is -0.330 e. The average molecular weight is 266 g/mol. The molecule has 0 saturated carbocycles. The summed E-state index contributed by atoms with van der Waals surface area (Å²) in [5.74, 6) is 1.23. The van der Waals surface area contributed by atoms with Crippen molar-refractivity contribution >= 4 is 11.3 Å². The first kappa shape index (κ1) is 14.0. The summed E-state index contributed by atoms with van der Waals surface area (Å²) in [5.41, 5.74) is 7.57. The van der Waals surface area contributed by atoms with Crippen LogP contribution in [0.25, 0.3) is 0 Å². The number of fused-ring (bicyclic) bond motifs is 1. The van der Waals surface area contributed by atoms with E-state index in [4.69, 9.17) is 10.7 Å². The second-order valence-corrected chi connectivity index (χ2v) is 7.46. The summed E-state index contributed by atoms with van der Waals surface area (Å²) in [7, 11) is 0. The van der Waals surface area contributed by atoms with E-state index in [1.54, 1.807) is 0 Å². The van der Waals surface area contributed by atoms with E-state index in [0.717, 1.165) is 12.3 Å². The van der Waals surface area contributed by atoms with Crippen molar-refractivity contribution in [1.82, 2.24) is 4.98 Å². The van der Waals surface area contributed by atoms with Crippen LogP contribution in [-0.4, -0.2) is 11.5 Å². The zero-order chi connectivity index (χ0) is 13.3. The summed E-state index contributed by atoms with van der Waals surface area (Å²) < 4.78 is 0. The zero-order valence-electron chi connectivity index (χ0n) is 12.1. The van der Waals surface area contributed by atoms with Gasteiger partial charge in [-0.25, -0.2) is 4.98 Å². The van der Waals surface area contributed by atoms with Gasteiger partial charge in [-0.15, -0.1) is 11.3 Å². The van der Waals surface area contributed by atoms with Gasteiger partial charge in [-0.3, -0.25) is 0 Å². The van der Waals surface area contributed by atoms with Crippen molar-refractivity contribution < 1.29 is 0 Å². The maximum absolute atomic E-state index is 5.75. The Kier molecular flexibility index (Phi) is 4.12. The van der Waals surface area contributed by atoms with E-state index >= 15 is 0 Å². The second kappa shape index (κ2) is 5.30. The van der Waals surface area contributed by atoms with E-state index < -0.39 is 0 Å². The number of aromatic nitrogens is 1. The molecule has 2 N–H and O–H groups in total. The van der Waals surface area contributed by atoms with Crippen LogP contribution in [-0.2, 0) is 12.8 Å². The minimum absolute atomic E-state index is 0.415. The molecule has 2 nitrogen and oxygen atoms in total. The molecule has 1 aliphatic rings. The molecule has 2 rings (SSSR count). The molecule has 0 amide bonds. The van der Waals surface area contributed by atoms with Gasteiger partial charge in [0.15, 0.2) is 0 Å². The lowest BCUT2D eigenvalue weighted by Crippen LogP contribution is -2.28. The Hall–Kier alpha value is -0.410. The lowest BCUT2D eigenvalue weighted by Gasteiger charge is -2.35. The predicted octanol–water partition coefficient (Wildman–Crippen LogP) is 3.75. The number of hydrogen-bond donors (Lipinski definition) is 1. The quantitative estimate of drug-likeness (QED) is 0.901. The van der Waals surface area contributed by atoms with Gasteiger partial charge in [-0.05, 0) is 30.6 Å². The third kappa shape index (κ3) is 2.62. The Bertz CT molecular complexity index is 409. The Morgan fingerprint density at radius 2 is 2.22 bits per heavy atom. The standard InChI is InChI=1S/C15H26N2S/c1-5-15(3,4)11-6-7-12-13(8-11)18-14(17-12)10(2)9-16/h10-11H,5-9,16H2,1-4H3. The van der Waals surface area contributed by atoms with Crippen LogP contribution in [0.4, 0.5) is 0 Å². The highest BCUT2D eigenvalue weighted by Gasteiger charge is 2.32. The van der Waals surface area contributed by atoms with Gasteiger partial charge in [0.1, 0.15) is 0 Å². The lowest BCUT2D eigenvalue weighted by molar-refractivity contribution is 0.183. The van der Waals surface area contributed by atoms with Crippen molar-refractivity contribution in [2.45, 2.75) is 59.3 Å². The molecule has 0 bridgehead atoms. The molecular formula is C15H26N2S. The number of aryl methyl sites for hydroxylation is 1. The first-order valence-corrected chi connectivity index (χ1v) is 7.98. The molecule has 1 aliphatic carbocycles. The Morgan fingerprint density at radius 3 is 2.83 bits per heavy atom. The summed E-state index contributed by atoms with van der Waals surface area (Å²) in [6.45, 7) is 10.0. The Labute approximate surface area is 115 Å². The third-order valence-electron chi connectivity index (χ3n) is 4.75. The van der Waals surface area contributed by atoms with E-state index in [2.05, 4.69) is 27.7 Å². The van der Waals surface area contributed by atoms with Gasteiger partial charge in [0.2, 0.25) is 0 Å². The van der Waals surface area contributed by atoms with Crippen molar-refractivity contribution in [2.24, 2.45) is 17.1 Å². The number of hydrogen-bond acceptors (Lipinski definition) is 3. The average Bonchev–Trinajstić information content (AvgIpc) is 2.80. The fourth-order valence-corrected chi connectivity index (χ4v) is 3.92. The van der Waals surface area contributed by atoms with Gasteiger partial charge < -0.3 is 5.73 Å². The van der Waals surface area contributed by atoms with E-state index in [1.165, 1.54) is 34.8 Å².